The first kappa shape index (κ1) is 10.6. The van der Waals surface area contributed by atoms with E-state index in [0.717, 1.165) is 25.0 Å². The maximum atomic E-state index is 11.5. The van der Waals surface area contributed by atoms with Gasteiger partial charge in [0.2, 0.25) is 5.91 Å². The summed E-state index contributed by atoms with van der Waals surface area (Å²) in [6, 6.07) is 0. The number of amides is 1. The van der Waals surface area contributed by atoms with Crippen LogP contribution in [0.5, 0.6) is 0 Å². The molecule has 74 valence electrons. The Morgan fingerprint density at radius 3 is 3.15 bits per heavy atom. The molecule has 1 saturated heterocycles. The van der Waals surface area contributed by atoms with Gasteiger partial charge in [-0.1, -0.05) is 6.92 Å². The summed E-state index contributed by atoms with van der Waals surface area (Å²) in [5.74, 6) is 1.77. The number of aldehydes is 1. The Morgan fingerprint density at radius 1 is 1.69 bits per heavy atom. The first-order chi connectivity index (χ1) is 6.24. The van der Waals surface area contributed by atoms with Crippen molar-refractivity contribution in [2.45, 2.75) is 13.3 Å². The van der Waals surface area contributed by atoms with Crippen LogP contribution in [-0.2, 0) is 9.59 Å². The van der Waals surface area contributed by atoms with E-state index in [1.54, 1.807) is 16.7 Å². The lowest BCUT2D eigenvalue weighted by Crippen LogP contribution is -2.35. The third-order valence-electron chi connectivity index (χ3n) is 2.04. The molecular weight excluding hydrogens is 186 g/mol. The minimum Gasteiger partial charge on any atom is -0.341 e. The molecule has 0 saturated carbocycles. The van der Waals surface area contributed by atoms with Crippen molar-refractivity contribution in [2.75, 3.05) is 24.6 Å². The summed E-state index contributed by atoms with van der Waals surface area (Å²) < 4.78 is 0. The number of nitrogens with zero attached hydrogens (tertiary/aromatic N) is 1. The van der Waals surface area contributed by atoms with Crippen molar-refractivity contribution < 1.29 is 9.59 Å². The van der Waals surface area contributed by atoms with E-state index in [2.05, 4.69) is 0 Å². The van der Waals surface area contributed by atoms with E-state index in [1.807, 2.05) is 6.92 Å². The maximum absolute atomic E-state index is 11.5. The topological polar surface area (TPSA) is 37.4 Å². The summed E-state index contributed by atoms with van der Waals surface area (Å²) in [5, 5.41) is 0. The summed E-state index contributed by atoms with van der Waals surface area (Å²) in [5.41, 5.74) is 0. The summed E-state index contributed by atoms with van der Waals surface area (Å²) in [7, 11) is 0. The summed E-state index contributed by atoms with van der Waals surface area (Å²) in [4.78, 5) is 23.7. The predicted molar refractivity (Wildman–Crippen MR) is 53.8 cm³/mol. The summed E-state index contributed by atoms with van der Waals surface area (Å²) in [6.07, 6.45) is 1.95. The molecule has 3 nitrogen and oxygen atoms in total. The molecule has 1 rings (SSSR count). The van der Waals surface area contributed by atoms with Gasteiger partial charge in [-0.2, -0.15) is 11.8 Å². The first-order valence-corrected chi connectivity index (χ1v) is 5.70. The molecule has 1 amide bonds. The van der Waals surface area contributed by atoms with Gasteiger partial charge >= 0.3 is 0 Å². The van der Waals surface area contributed by atoms with Gasteiger partial charge in [0.05, 0.1) is 5.75 Å². The van der Waals surface area contributed by atoms with Crippen LogP contribution >= 0.6 is 11.8 Å². The highest BCUT2D eigenvalue weighted by atomic mass is 32.2. The fourth-order valence-corrected chi connectivity index (χ4v) is 2.15. The molecule has 1 atom stereocenters. The van der Waals surface area contributed by atoms with Crippen molar-refractivity contribution in [1.29, 1.82) is 0 Å². The van der Waals surface area contributed by atoms with Crippen molar-refractivity contribution in [1.82, 2.24) is 4.90 Å². The van der Waals surface area contributed by atoms with Crippen LogP contribution in [0.3, 0.4) is 0 Å². The van der Waals surface area contributed by atoms with Crippen molar-refractivity contribution in [3.05, 3.63) is 0 Å². The number of hydrogen-bond acceptors (Lipinski definition) is 3. The minimum absolute atomic E-state index is 0.0351. The zero-order valence-electron chi connectivity index (χ0n) is 7.86. The molecule has 0 aliphatic carbocycles. The number of carbonyl (C=O) groups is 2. The second kappa shape index (κ2) is 5.27. The van der Waals surface area contributed by atoms with E-state index in [-0.39, 0.29) is 11.8 Å². The van der Waals surface area contributed by atoms with Gasteiger partial charge in [0.15, 0.2) is 0 Å². The molecule has 0 bridgehead atoms. The van der Waals surface area contributed by atoms with Crippen LogP contribution in [0.15, 0.2) is 0 Å². The lowest BCUT2D eigenvalue weighted by Gasteiger charge is -2.21. The minimum atomic E-state index is -0.0351. The Bertz CT molecular complexity index is 196. The van der Waals surface area contributed by atoms with Crippen LogP contribution in [0.25, 0.3) is 0 Å². The zero-order valence-corrected chi connectivity index (χ0v) is 8.68. The molecule has 4 heteroatoms. The molecular formula is C9H15NO2S. The highest BCUT2D eigenvalue weighted by Crippen LogP contribution is 2.12. The van der Waals surface area contributed by atoms with Crippen molar-refractivity contribution in [2.24, 2.45) is 5.92 Å². The van der Waals surface area contributed by atoms with E-state index >= 15 is 0 Å². The van der Waals surface area contributed by atoms with Crippen LogP contribution < -0.4 is 0 Å². The second-order valence-electron chi connectivity index (χ2n) is 3.36. The van der Waals surface area contributed by atoms with Gasteiger partial charge in [-0.05, 0) is 12.2 Å². The van der Waals surface area contributed by atoms with Gasteiger partial charge in [-0.3, -0.25) is 4.79 Å². The number of hydrogen-bond donors (Lipinski definition) is 0. The molecule has 1 heterocycles. The number of thioether (sulfide) groups is 1. The lowest BCUT2D eigenvalue weighted by molar-refractivity contribution is -0.129. The molecule has 13 heavy (non-hydrogen) atoms. The quantitative estimate of drug-likeness (QED) is 0.633. The standard InChI is InChI=1S/C9H15NO2S/c1-8(6-11)5-10-3-2-4-13-7-9(10)12/h6,8H,2-5,7H2,1H3. The molecule has 0 N–H and O–H groups in total. The highest BCUT2D eigenvalue weighted by Gasteiger charge is 2.18. The average molecular weight is 201 g/mol. The summed E-state index contributed by atoms with van der Waals surface area (Å²) in [6.45, 7) is 3.24. The van der Waals surface area contributed by atoms with Crippen LogP contribution in [-0.4, -0.2) is 41.7 Å². The van der Waals surface area contributed by atoms with Crippen molar-refractivity contribution in [3.8, 4) is 0 Å². The van der Waals surface area contributed by atoms with Gasteiger partial charge in [0.25, 0.3) is 0 Å². The van der Waals surface area contributed by atoms with E-state index in [0.29, 0.717) is 12.3 Å². The predicted octanol–water partition coefficient (Wildman–Crippen LogP) is 0.787. The monoisotopic (exact) mass is 201 g/mol. The van der Waals surface area contributed by atoms with E-state index < -0.39 is 0 Å². The third-order valence-corrected chi connectivity index (χ3v) is 3.06. The maximum Gasteiger partial charge on any atom is 0.232 e. The Balaban J connectivity index is 2.44. The van der Waals surface area contributed by atoms with Crippen molar-refractivity contribution >= 4 is 24.0 Å². The molecule has 1 aliphatic rings. The Hall–Kier alpha value is -0.510. The SMILES string of the molecule is CC(C=O)CN1CCCSCC1=O. The molecule has 0 aromatic carbocycles. The second-order valence-corrected chi connectivity index (χ2v) is 4.46. The zero-order chi connectivity index (χ0) is 9.68. The van der Waals surface area contributed by atoms with Crippen LogP contribution in [0, 0.1) is 5.92 Å². The van der Waals surface area contributed by atoms with Crippen LogP contribution in [0.1, 0.15) is 13.3 Å². The van der Waals surface area contributed by atoms with Crippen LogP contribution in [0.4, 0.5) is 0 Å². The number of carbonyl (C=O) groups excluding carboxylic acids is 2. The Labute approximate surface area is 82.9 Å². The van der Waals surface area contributed by atoms with Gasteiger partial charge in [0.1, 0.15) is 6.29 Å². The molecule has 1 fully saturated rings. The Kier molecular flexibility index (Phi) is 4.28. The molecule has 1 unspecified atom stereocenters. The van der Waals surface area contributed by atoms with E-state index in [9.17, 15) is 9.59 Å². The van der Waals surface area contributed by atoms with Gasteiger partial charge in [-0.25, -0.2) is 0 Å². The van der Waals surface area contributed by atoms with Gasteiger partial charge in [-0.15, -0.1) is 0 Å². The fourth-order valence-electron chi connectivity index (χ4n) is 1.32. The van der Waals surface area contributed by atoms with Crippen LogP contribution in [0.2, 0.25) is 0 Å². The smallest absolute Gasteiger partial charge is 0.232 e. The fraction of sp³-hybridized carbons (Fsp3) is 0.778. The third kappa shape index (κ3) is 3.38. The molecule has 0 radical (unpaired) electrons. The summed E-state index contributed by atoms with van der Waals surface area (Å²) >= 11 is 1.68. The lowest BCUT2D eigenvalue weighted by atomic mass is 10.2. The normalized spacial score (nSPS) is 21.0. The largest absolute Gasteiger partial charge is 0.341 e. The molecule has 0 spiro atoms. The molecule has 1 aliphatic heterocycles. The van der Waals surface area contributed by atoms with E-state index in [4.69, 9.17) is 0 Å². The molecule has 0 aromatic rings. The number of rotatable bonds is 3. The Morgan fingerprint density at radius 2 is 2.46 bits per heavy atom. The highest BCUT2D eigenvalue weighted by molar-refractivity contribution is 7.99. The van der Waals surface area contributed by atoms with Crippen molar-refractivity contribution in [3.63, 3.8) is 0 Å². The van der Waals surface area contributed by atoms with E-state index in [1.165, 1.54) is 0 Å². The molecule has 0 aromatic heterocycles. The van der Waals surface area contributed by atoms with Gasteiger partial charge in [0, 0.05) is 19.0 Å². The van der Waals surface area contributed by atoms with Gasteiger partial charge < -0.3 is 9.69 Å². The average Bonchev–Trinajstić information content (AvgIpc) is 2.32. The first-order valence-electron chi connectivity index (χ1n) is 4.55.